The minimum Gasteiger partial charge on any atom is -0.465 e. The number of nitrogens with zero attached hydrogens (tertiary/aromatic N) is 2. The van der Waals surface area contributed by atoms with Crippen LogP contribution in [0.4, 0.5) is 0 Å². The fraction of sp³-hybridized carbons (Fsp3) is 0.190. The molecular weight excluding hydrogens is 412 g/mol. The molecule has 3 aromatic rings. The minimum atomic E-state index is -0.416. The topological polar surface area (TPSA) is 69.9 Å². The second-order valence-corrected chi connectivity index (χ2v) is 7.42. The Kier molecular flexibility index (Phi) is 6.98. The fourth-order valence-electron chi connectivity index (χ4n) is 2.70. The largest absolute Gasteiger partial charge is 0.465 e. The summed E-state index contributed by atoms with van der Waals surface area (Å²) in [5, 5.41) is 0.559. The number of carbonyl (C=O) groups excluding carboxylic acids is 2. The third-order valence-corrected chi connectivity index (χ3v) is 5.52. The molecule has 6 nitrogen and oxygen atoms in total. The Morgan fingerprint density at radius 2 is 2.00 bits per heavy atom. The van der Waals surface area contributed by atoms with Crippen LogP contribution in [0.2, 0.25) is 5.02 Å². The van der Waals surface area contributed by atoms with Gasteiger partial charge < -0.3 is 14.0 Å². The Hall–Kier alpha value is -2.74. The van der Waals surface area contributed by atoms with Crippen LogP contribution in [0.1, 0.15) is 15.9 Å². The van der Waals surface area contributed by atoms with E-state index in [4.69, 9.17) is 21.1 Å². The molecule has 1 aromatic heterocycles. The standard InChI is InChI=1S/C21H19ClN2O4S/c1-27-12-11-24-17-9-7-15(20(26)28-2)13-18(17)29-21(24)23-19(25)10-8-14-5-3-4-6-16(14)22/h3-10,13H,11-12H2,1-2H3. The summed E-state index contributed by atoms with van der Waals surface area (Å²) in [6, 6.07) is 12.5. The lowest BCUT2D eigenvalue weighted by Crippen LogP contribution is -2.18. The van der Waals surface area contributed by atoms with Crippen LogP contribution in [0, 0.1) is 0 Å². The van der Waals surface area contributed by atoms with Crippen LogP contribution in [0.15, 0.2) is 53.5 Å². The van der Waals surface area contributed by atoms with E-state index in [1.807, 2.05) is 28.8 Å². The first-order chi connectivity index (χ1) is 14.0. The number of esters is 1. The number of hydrogen-bond donors (Lipinski definition) is 0. The highest BCUT2D eigenvalue weighted by molar-refractivity contribution is 7.16. The number of thiazole rings is 1. The fourth-order valence-corrected chi connectivity index (χ4v) is 4.00. The SMILES string of the molecule is COCCn1c(=NC(=O)C=Cc2ccccc2Cl)sc2cc(C(=O)OC)ccc21. The Morgan fingerprint density at radius 3 is 2.72 bits per heavy atom. The Balaban J connectivity index is 2.00. The lowest BCUT2D eigenvalue weighted by Gasteiger charge is -2.04. The maximum absolute atomic E-state index is 12.4. The average molecular weight is 431 g/mol. The molecule has 8 heteroatoms. The number of ether oxygens (including phenoxy) is 2. The molecule has 1 amide bonds. The van der Waals surface area contributed by atoms with Crippen LogP contribution in [-0.4, -0.2) is 37.3 Å². The smallest absolute Gasteiger partial charge is 0.337 e. The van der Waals surface area contributed by atoms with E-state index in [-0.39, 0.29) is 0 Å². The number of fused-ring (bicyclic) bond motifs is 1. The Morgan fingerprint density at radius 1 is 1.21 bits per heavy atom. The summed E-state index contributed by atoms with van der Waals surface area (Å²) in [6.45, 7) is 0.982. The lowest BCUT2D eigenvalue weighted by atomic mass is 10.2. The molecule has 0 aliphatic rings. The summed E-state index contributed by atoms with van der Waals surface area (Å²) >= 11 is 7.43. The first-order valence-electron chi connectivity index (χ1n) is 8.75. The van der Waals surface area contributed by atoms with Crippen molar-refractivity contribution in [3.63, 3.8) is 0 Å². The molecule has 0 spiro atoms. The normalized spacial score (nSPS) is 12.0. The number of hydrogen-bond acceptors (Lipinski definition) is 5. The summed E-state index contributed by atoms with van der Waals surface area (Å²) in [5.74, 6) is -0.822. The maximum atomic E-state index is 12.4. The molecule has 0 N–H and O–H groups in total. The predicted octanol–water partition coefficient (Wildman–Crippen LogP) is 3.93. The van der Waals surface area contributed by atoms with E-state index in [2.05, 4.69) is 4.99 Å². The molecular formula is C21H19ClN2O4S. The molecule has 0 saturated heterocycles. The van der Waals surface area contributed by atoms with Gasteiger partial charge in [0, 0.05) is 24.8 Å². The van der Waals surface area contributed by atoms with E-state index < -0.39 is 11.9 Å². The predicted molar refractivity (Wildman–Crippen MR) is 114 cm³/mol. The zero-order chi connectivity index (χ0) is 20.8. The van der Waals surface area contributed by atoms with E-state index in [1.165, 1.54) is 24.5 Å². The van der Waals surface area contributed by atoms with E-state index in [1.54, 1.807) is 31.4 Å². The second kappa shape index (κ2) is 9.65. The number of aromatic nitrogens is 1. The second-order valence-electron chi connectivity index (χ2n) is 6.01. The first kappa shape index (κ1) is 21.0. The van der Waals surface area contributed by atoms with E-state index in [0.29, 0.717) is 28.5 Å². The number of methoxy groups -OCH3 is 2. The Bertz CT molecular complexity index is 1150. The van der Waals surface area contributed by atoms with E-state index in [9.17, 15) is 9.59 Å². The number of benzene rings is 2. The molecule has 2 aromatic carbocycles. The van der Waals surface area contributed by atoms with Crippen LogP contribution >= 0.6 is 22.9 Å². The molecule has 0 bridgehead atoms. The third-order valence-electron chi connectivity index (χ3n) is 4.14. The van der Waals surface area contributed by atoms with Crippen LogP contribution < -0.4 is 4.80 Å². The molecule has 29 heavy (non-hydrogen) atoms. The van der Waals surface area contributed by atoms with Crippen molar-refractivity contribution in [2.45, 2.75) is 6.54 Å². The van der Waals surface area contributed by atoms with Gasteiger partial charge in [-0.25, -0.2) is 4.79 Å². The van der Waals surface area contributed by atoms with Gasteiger partial charge in [-0.1, -0.05) is 41.1 Å². The van der Waals surface area contributed by atoms with Crippen molar-refractivity contribution in [2.24, 2.45) is 4.99 Å². The number of amides is 1. The van der Waals surface area contributed by atoms with Gasteiger partial charge in [0.15, 0.2) is 4.80 Å². The number of rotatable bonds is 6. The van der Waals surface area contributed by atoms with Crippen molar-refractivity contribution in [3.05, 3.63) is 69.5 Å². The maximum Gasteiger partial charge on any atom is 0.337 e. The molecule has 0 radical (unpaired) electrons. The molecule has 0 aliphatic carbocycles. The van der Waals surface area contributed by atoms with Gasteiger partial charge in [-0.15, -0.1) is 0 Å². The van der Waals surface area contributed by atoms with Crippen LogP contribution in [0.25, 0.3) is 16.3 Å². The lowest BCUT2D eigenvalue weighted by molar-refractivity contribution is -0.113. The molecule has 0 fully saturated rings. The summed E-state index contributed by atoms with van der Waals surface area (Å²) in [4.78, 5) is 29.0. The Labute approximate surface area is 176 Å². The quantitative estimate of drug-likeness (QED) is 0.439. The van der Waals surface area contributed by atoms with Crippen molar-refractivity contribution in [3.8, 4) is 0 Å². The monoisotopic (exact) mass is 430 g/mol. The van der Waals surface area contributed by atoms with Crippen molar-refractivity contribution in [2.75, 3.05) is 20.8 Å². The molecule has 1 heterocycles. The van der Waals surface area contributed by atoms with Crippen molar-refractivity contribution >= 4 is 51.1 Å². The highest BCUT2D eigenvalue weighted by Crippen LogP contribution is 2.20. The number of carbonyl (C=O) groups is 2. The molecule has 3 rings (SSSR count). The summed E-state index contributed by atoms with van der Waals surface area (Å²) in [5.41, 5.74) is 2.04. The molecule has 0 atom stereocenters. The third kappa shape index (κ3) is 5.00. The van der Waals surface area contributed by atoms with Gasteiger partial charge in [0.1, 0.15) is 0 Å². The number of halogens is 1. The van der Waals surface area contributed by atoms with Gasteiger partial charge in [-0.3, -0.25) is 4.79 Å². The molecule has 0 unspecified atom stereocenters. The highest BCUT2D eigenvalue weighted by Gasteiger charge is 2.11. The first-order valence-corrected chi connectivity index (χ1v) is 9.95. The van der Waals surface area contributed by atoms with Crippen LogP contribution in [-0.2, 0) is 20.8 Å². The molecule has 150 valence electrons. The molecule has 0 aliphatic heterocycles. The zero-order valence-electron chi connectivity index (χ0n) is 15.9. The minimum absolute atomic E-state index is 0.407. The van der Waals surface area contributed by atoms with E-state index >= 15 is 0 Å². The van der Waals surface area contributed by atoms with Gasteiger partial charge in [0.2, 0.25) is 0 Å². The van der Waals surface area contributed by atoms with E-state index in [0.717, 1.165) is 15.8 Å². The zero-order valence-corrected chi connectivity index (χ0v) is 17.5. The van der Waals surface area contributed by atoms with Gasteiger partial charge in [0.05, 0.1) is 29.5 Å². The summed E-state index contributed by atoms with van der Waals surface area (Å²) < 4.78 is 12.7. The van der Waals surface area contributed by atoms with Crippen molar-refractivity contribution < 1.29 is 19.1 Å². The van der Waals surface area contributed by atoms with Crippen LogP contribution in [0.5, 0.6) is 0 Å². The molecule has 0 saturated carbocycles. The highest BCUT2D eigenvalue weighted by atomic mass is 35.5. The van der Waals surface area contributed by atoms with Gasteiger partial charge in [0.25, 0.3) is 5.91 Å². The summed E-state index contributed by atoms with van der Waals surface area (Å²) in [7, 11) is 2.95. The van der Waals surface area contributed by atoms with Crippen molar-refractivity contribution in [1.82, 2.24) is 4.57 Å². The van der Waals surface area contributed by atoms with Gasteiger partial charge in [-0.05, 0) is 35.9 Å². The van der Waals surface area contributed by atoms with Crippen LogP contribution in [0.3, 0.4) is 0 Å². The van der Waals surface area contributed by atoms with Gasteiger partial charge >= 0.3 is 5.97 Å². The van der Waals surface area contributed by atoms with Crippen molar-refractivity contribution in [1.29, 1.82) is 0 Å². The average Bonchev–Trinajstić information content (AvgIpc) is 3.06. The van der Waals surface area contributed by atoms with Gasteiger partial charge in [-0.2, -0.15) is 4.99 Å². The summed E-state index contributed by atoms with van der Waals surface area (Å²) in [6.07, 6.45) is 3.02.